The van der Waals surface area contributed by atoms with Gasteiger partial charge in [0.2, 0.25) is 17.7 Å². The van der Waals surface area contributed by atoms with Crippen LogP contribution in [-0.2, 0) is 28.7 Å². The monoisotopic (exact) mass is 957 g/mol. The maximum atomic E-state index is 13.3. The Labute approximate surface area is 405 Å². The minimum Gasteiger partial charge on any atom is -0.457 e. The summed E-state index contributed by atoms with van der Waals surface area (Å²) < 4.78 is 19.2. The summed E-state index contributed by atoms with van der Waals surface area (Å²) in [5, 5.41) is 10.6. The van der Waals surface area contributed by atoms with E-state index in [1.54, 1.807) is 12.1 Å². The topological polar surface area (TPSA) is 228 Å². The average molecular weight is 958 g/mol. The van der Waals surface area contributed by atoms with E-state index in [1.807, 2.05) is 70.2 Å². The number of benzene rings is 3. The number of piperazine rings is 1. The van der Waals surface area contributed by atoms with E-state index >= 15 is 0 Å². The number of likely N-dealkylation sites (tertiary alicyclic amines) is 1. The number of hydrogen-bond donors (Lipinski definition) is 3. The second-order valence-corrected chi connectivity index (χ2v) is 18.4. The van der Waals surface area contributed by atoms with Crippen molar-refractivity contribution in [1.29, 1.82) is 0 Å². The molecule has 6 amide bonds. The van der Waals surface area contributed by atoms with Gasteiger partial charge in [-0.1, -0.05) is 18.2 Å². The Bertz CT molecular complexity index is 2600. The van der Waals surface area contributed by atoms with E-state index in [1.165, 1.54) is 0 Å². The number of hydrogen-bond acceptors (Lipinski definition) is 14. The van der Waals surface area contributed by atoms with Crippen LogP contribution in [0.5, 0.6) is 11.5 Å². The molecule has 70 heavy (non-hydrogen) atoms. The summed E-state index contributed by atoms with van der Waals surface area (Å²) in [6, 6.07) is 21.2. The third-order valence-electron chi connectivity index (χ3n) is 14.0. The van der Waals surface area contributed by atoms with Gasteiger partial charge in [-0.3, -0.25) is 48.7 Å². The average Bonchev–Trinajstić information content (AvgIpc) is 3.89. The number of para-hydroxylation sites is 1. The third kappa shape index (κ3) is 10.8. The number of primary amides is 1. The standard InChI is InChI=1S/C51H59N9O10/c52-47(64)45-46(34-8-11-38(12-9-34)70-37-6-2-1-3-7-37)55-60-41(16-20-53-48(45)60)33-17-22-58(23-18-33)44(63)32-69-30-29-68-28-4-5-36(61)19-21-56-24-26-57(27-25-56)35-10-13-39-40(31-35)51(67)59(50(39)66)42-14-15-43(62)54-49(42)65/h1-3,6-13,31,33,41-42,53H,4-5,14-30,32H2,(H2,52,64)(H,54,62,65)/t41-,42?/m0/s1. The molecule has 1 aromatic heterocycles. The Kier molecular flexibility index (Phi) is 15.0. The van der Waals surface area contributed by atoms with Crippen molar-refractivity contribution in [2.45, 2.75) is 63.5 Å². The van der Waals surface area contributed by atoms with Crippen LogP contribution in [0.3, 0.4) is 0 Å². The molecule has 4 N–H and O–H groups in total. The number of carbonyl (C=O) groups excluding carboxylic acids is 7. The number of imide groups is 2. The maximum Gasteiger partial charge on any atom is 0.262 e. The van der Waals surface area contributed by atoms with Gasteiger partial charge in [-0.05, 0) is 92.6 Å². The molecule has 6 heterocycles. The first-order chi connectivity index (χ1) is 34.0. The molecular weight excluding hydrogens is 899 g/mol. The molecule has 4 aromatic rings. The third-order valence-corrected chi connectivity index (χ3v) is 14.0. The smallest absolute Gasteiger partial charge is 0.262 e. The second-order valence-electron chi connectivity index (χ2n) is 18.4. The molecule has 5 aliphatic heterocycles. The molecule has 19 heteroatoms. The summed E-state index contributed by atoms with van der Waals surface area (Å²) in [4.78, 5) is 96.1. The van der Waals surface area contributed by atoms with Crippen molar-refractivity contribution in [2.75, 3.05) is 89.0 Å². The van der Waals surface area contributed by atoms with Crippen LogP contribution < -0.4 is 26.0 Å². The SMILES string of the molecule is NC(=O)c1c(-c2ccc(Oc3ccccc3)cc2)nn2c1NCC[C@H]2C1CCN(C(=O)COCCOCCCC(=O)CCN2CCN(c3ccc4c(c3)C(=O)N(C3CCC(=O)NC3=O)C4=O)CC2)CC1. The first-order valence-corrected chi connectivity index (χ1v) is 24.3. The Morgan fingerprint density at radius 3 is 2.23 bits per heavy atom. The van der Waals surface area contributed by atoms with E-state index in [0.717, 1.165) is 54.3 Å². The lowest BCUT2D eigenvalue weighted by Gasteiger charge is -2.38. The quantitative estimate of drug-likeness (QED) is 0.0891. The molecule has 0 bridgehead atoms. The van der Waals surface area contributed by atoms with E-state index in [-0.39, 0.29) is 60.8 Å². The first kappa shape index (κ1) is 48.1. The van der Waals surface area contributed by atoms with Gasteiger partial charge in [0, 0.05) is 89.5 Å². The van der Waals surface area contributed by atoms with Gasteiger partial charge in [-0.2, -0.15) is 5.10 Å². The Balaban J connectivity index is 0.633. The Morgan fingerprint density at radius 1 is 0.757 bits per heavy atom. The van der Waals surface area contributed by atoms with Crippen molar-refractivity contribution >= 4 is 52.7 Å². The zero-order valence-electron chi connectivity index (χ0n) is 39.1. The highest BCUT2D eigenvalue weighted by Gasteiger charge is 2.45. The molecule has 1 unspecified atom stereocenters. The minimum absolute atomic E-state index is 0.0306. The van der Waals surface area contributed by atoms with Crippen LogP contribution in [0.25, 0.3) is 11.3 Å². The maximum absolute atomic E-state index is 13.3. The van der Waals surface area contributed by atoms with Crippen LogP contribution in [0.1, 0.15) is 88.5 Å². The van der Waals surface area contributed by atoms with Gasteiger partial charge in [0.1, 0.15) is 47.0 Å². The molecule has 0 radical (unpaired) electrons. The fraction of sp³-hybridized carbons (Fsp3) is 0.451. The number of piperidine rings is 2. The summed E-state index contributed by atoms with van der Waals surface area (Å²) in [6.07, 6.45) is 4.05. The Morgan fingerprint density at radius 2 is 1.49 bits per heavy atom. The van der Waals surface area contributed by atoms with Crippen LogP contribution in [-0.4, -0.2) is 151 Å². The predicted octanol–water partition coefficient (Wildman–Crippen LogP) is 4.03. The number of amides is 6. The number of nitrogens with two attached hydrogens (primary N) is 1. The van der Waals surface area contributed by atoms with E-state index in [0.29, 0.717) is 94.6 Å². The zero-order chi connectivity index (χ0) is 48.7. The fourth-order valence-electron chi connectivity index (χ4n) is 10.1. The van der Waals surface area contributed by atoms with Crippen molar-refractivity contribution < 1.29 is 47.8 Å². The van der Waals surface area contributed by atoms with Crippen molar-refractivity contribution in [3.63, 3.8) is 0 Å². The summed E-state index contributed by atoms with van der Waals surface area (Å²) in [7, 11) is 0. The highest BCUT2D eigenvalue weighted by atomic mass is 16.5. The van der Waals surface area contributed by atoms with E-state index in [4.69, 9.17) is 25.0 Å². The van der Waals surface area contributed by atoms with Crippen molar-refractivity contribution in [3.8, 4) is 22.8 Å². The van der Waals surface area contributed by atoms with Gasteiger partial charge in [-0.15, -0.1) is 0 Å². The molecule has 9 rings (SSSR count). The van der Waals surface area contributed by atoms with Gasteiger partial charge in [-0.25, -0.2) is 4.68 Å². The second kappa shape index (κ2) is 21.8. The number of nitrogens with one attached hydrogen (secondary N) is 2. The highest BCUT2D eigenvalue weighted by molar-refractivity contribution is 6.23. The van der Waals surface area contributed by atoms with Gasteiger partial charge in [0.25, 0.3) is 17.7 Å². The Hall–Kier alpha value is -6.96. The molecule has 0 spiro atoms. The van der Waals surface area contributed by atoms with Crippen molar-refractivity contribution in [3.05, 3.63) is 89.5 Å². The number of aromatic nitrogens is 2. The molecule has 19 nitrogen and oxygen atoms in total. The summed E-state index contributed by atoms with van der Waals surface area (Å²) >= 11 is 0. The number of ketones is 1. The number of carbonyl (C=O) groups is 7. The lowest BCUT2D eigenvalue weighted by atomic mass is 9.87. The lowest BCUT2D eigenvalue weighted by molar-refractivity contribution is -0.138. The van der Waals surface area contributed by atoms with Crippen molar-refractivity contribution in [2.24, 2.45) is 11.7 Å². The molecule has 3 fully saturated rings. The molecule has 3 saturated heterocycles. The molecule has 0 aliphatic carbocycles. The molecule has 5 aliphatic rings. The van der Waals surface area contributed by atoms with Crippen LogP contribution in [0.2, 0.25) is 0 Å². The van der Waals surface area contributed by atoms with Crippen LogP contribution in [0, 0.1) is 5.92 Å². The number of nitrogens with zero attached hydrogens (tertiary/aromatic N) is 6. The predicted molar refractivity (Wildman–Crippen MR) is 256 cm³/mol. The number of Topliss-reactive ketones (excluding diaryl/α,β-unsaturated/α-hetero) is 1. The van der Waals surface area contributed by atoms with Crippen LogP contribution in [0.15, 0.2) is 72.8 Å². The summed E-state index contributed by atoms with van der Waals surface area (Å²) in [5.41, 5.74) is 8.91. The fourth-order valence-corrected chi connectivity index (χ4v) is 10.1. The van der Waals surface area contributed by atoms with E-state index in [2.05, 4.69) is 20.4 Å². The first-order valence-electron chi connectivity index (χ1n) is 24.3. The zero-order valence-corrected chi connectivity index (χ0v) is 39.1. The molecular formula is C51H59N9O10. The number of rotatable bonds is 19. The van der Waals surface area contributed by atoms with Crippen LogP contribution in [0.4, 0.5) is 11.5 Å². The summed E-state index contributed by atoms with van der Waals surface area (Å²) in [5.74, 6) is -0.264. The highest BCUT2D eigenvalue weighted by Crippen LogP contribution is 2.40. The summed E-state index contributed by atoms with van der Waals surface area (Å²) in [6.45, 7) is 6.36. The molecule has 368 valence electrons. The number of ether oxygens (including phenoxy) is 3. The van der Waals surface area contributed by atoms with E-state index < -0.39 is 35.6 Å². The number of fused-ring (bicyclic) bond motifs is 2. The lowest BCUT2D eigenvalue weighted by Crippen LogP contribution is -2.54. The number of anilines is 2. The molecule has 2 atom stereocenters. The van der Waals surface area contributed by atoms with Crippen molar-refractivity contribution in [1.82, 2.24) is 29.8 Å². The van der Waals surface area contributed by atoms with E-state index in [9.17, 15) is 33.6 Å². The molecule has 3 aromatic carbocycles. The largest absolute Gasteiger partial charge is 0.457 e. The van der Waals surface area contributed by atoms with Gasteiger partial charge < -0.3 is 35.1 Å². The van der Waals surface area contributed by atoms with Gasteiger partial charge in [0.15, 0.2) is 0 Å². The normalized spacial score (nSPS) is 19.7. The molecule has 0 saturated carbocycles. The van der Waals surface area contributed by atoms with Crippen LogP contribution >= 0.6 is 0 Å². The van der Waals surface area contributed by atoms with Gasteiger partial charge >= 0.3 is 0 Å². The minimum atomic E-state index is -1.00. The van der Waals surface area contributed by atoms with Gasteiger partial charge in [0.05, 0.1) is 30.4 Å².